The van der Waals surface area contributed by atoms with Gasteiger partial charge in [-0.25, -0.2) is 4.39 Å². The standard InChI is InChI=1S/C9H8FN3O/c1-13-7-4-5(10)2-3-6(7)8(12-13)9(11)14/h2-4H,1H3,(H2,11,14). The van der Waals surface area contributed by atoms with Crippen LogP contribution in [0.1, 0.15) is 10.5 Å². The van der Waals surface area contributed by atoms with Crippen LogP contribution in [0, 0.1) is 5.82 Å². The molecule has 0 radical (unpaired) electrons. The molecule has 1 aromatic heterocycles. The largest absolute Gasteiger partial charge is 0.364 e. The Morgan fingerprint density at radius 1 is 1.57 bits per heavy atom. The van der Waals surface area contributed by atoms with E-state index in [1.165, 1.54) is 22.9 Å². The van der Waals surface area contributed by atoms with Crippen molar-refractivity contribution in [2.24, 2.45) is 12.8 Å². The van der Waals surface area contributed by atoms with Crippen molar-refractivity contribution >= 4 is 16.8 Å². The quantitative estimate of drug-likeness (QED) is 0.728. The van der Waals surface area contributed by atoms with Crippen LogP contribution in [-0.4, -0.2) is 15.7 Å². The Bertz CT molecular complexity index is 518. The minimum absolute atomic E-state index is 0.169. The number of fused-ring (bicyclic) bond motifs is 1. The first-order valence-corrected chi connectivity index (χ1v) is 4.01. The first kappa shape index (κ1) is 8.68. The average Bonchev–Trinajstić information content (AvgIpc) is 2.44. The Morgan fingerprint density at radius 3 is 2.93 bits per heavy atom. The normalized spacial score (nSPS) is 10.7. The fourth-order valence-electron chi connectivity index (χ4n) is 1.41. The highest BCUT2D eigenvalue weighted by atomic mass is 19.1. The number of primary amides is 1. The summed E-state index contributed by atoms with van der Waals surface area (Å²) in [4.78, 5) is 11.0. The lowest BCUT2D eigenvalue weighted by Gasteiger charge is -1.92. The number of amides is 1. The zero-order chi connectivity index (χ0) is 10.3. The van der Waals surface area contributed by atoms with Gasteiger partial charge in [0.1, 0.15) is 5.82 Å². The van der Waals surface area contributed by atoms with Gasteiger partial charge in [0.25, 0.3) is 5.91 Å². The van der Waals surface area contributed by atoms with Gasteiger partial charge < -0.3 is 5.73 Å². The van der Waals surface area contributed by atoms with Crippen LogP contribution in [0.2, 0.25) is 0 Å². The molecule has 0 spiro atoms. The summed E-state index contributed by atoms with van der Waals surface area (Å²) in [5.74, 6) is -0.973. The van der Waals surface area contributed by atoms with Crippen molar-refractivity contribution in [2.45, 2.75) is 0 Å². The molecule has 2 aromatic rings. The molecule has 0 saturated carbocycles. The number of carbonyl (C=O) groups excluding carboxylic acids is 1. The van der Waals surface area contributed by atoms with Gasteiger partial charge in [-0.05, 0) is 18.2 Å². The topological polar surface area (TPSA) is 60.9 Å². The third-order valence-corrected chi connectivity index (χ3v) is 2.05. The van der Waals surface area contributed by atoms with Crippen LogP contribution in [0.15, 0.2) is 18.2 Å². The summed E-state index contributed by atoms with van der Waals surface area (Å²) in [6.45, 7) is 0. The van der Waals surface area contributed by atoms with E-state index in [0.29, 0.717) is 10.9 Å². The van der Waals surface area contributed by atoms with E-state index in [-0.39, 0.29) is 11.5 Å². The van der Waals surface area contributed by atoms with Gasteiger partial charge in [-0.15, -0.1) is 0 Å². The number of hydrogen-bond donors (Lipinski definition) is 1. The molecular weight excluding hydrogens is 185 g/mol. The van der Waals surface area contributed by atoms with Gasteiger partial charge in [-0.1, -0.05) is 0 Å². The number of aryl methyl sites for hydroxylation is 1. The molecule has 0 aliphatic rings. The predicted molar refractivity (Wildman–Crippen MR) is 49.2 cm³/mol. The molecule has 0 unspecified atom stereocenters. The Hall–Kier alpha value is -1.91. The minimum Gasteiger partial charge on any atom is -0.364 e. The second kappa shape index (κ2) is 2.80. The van der Waals surface area contributed by atoms with E-state index in [9.17, 15) is 9.18 Å². The molecule has 2 rings (SSSR count). The third kappa shape index (κ3) is 1.14. The minimum atomic E-state index is -0.609. The molecule has 0 bridgehead atoms. The van der Waals surface area contributed by atoms with Gasteiger partial charge in [0.2, 0.25) is 0 Å². The molecule has 0 fully saturated rings. The highest BCUT2D eigenvalue weighted by Crippen LogP contribution is 2.18. The van der Waals surface area contributed by atoms with Gasteiger partial charge in [-0.3, -0.25) is 9.48 Å². The van der Waals surface area contributed by atoms with Crippen molar-refractivity contribution in [1.29, 1.82) is 0 Å². The van der Waals surface area contributed by atoms with E-state index in [2.05, 4.69) is 5.10 Å². The van der Waals surface area contributed by atoms with Gasteiger partial charge in [0, 0.05) is 12.4 Å². The van der Waals surface area contributed by atoms with Crippen molar-refractivity contribution < 1.29 is 9.18 Å². The van der Waals surface area contributed by atoms with Crippen molar-refractivity contribution in [2.75, 3.05) is 0 Å². The summed E-state index contributed by atoms with van der Waals surface area (Å²) in [5.41, 5.74) is 5.85. The Labute approximate surface area is 79.1 Å². The number of nitrogens with zero attached hydrogens (tertiary/aromatic N) is 2. The zero-order valence-corrected chi connectivity index (χ0v) is 7.49. The van der Waals surface area contributed by atoms with Crippen LogP contribution in [0.5, 0.6) is 0 Å². The highest BCUT2D eigenvalue weighted by Gasteiger charge is 2.12. The van der Waals surface area contributed by atoms with Crippen LogP contribution < -0.4 is 5.73 Å². The number of nitrogens with two attached hydrogens (primary N) is 1. The summed E-state index contributed by atoms with van der Waals surface area (Å²) in [6.07, 6.45) is 0. The van der Waals surface area contributed by atoms with E-state index < -0.39 is 5.91 Å². The lowest BCUT2D eigenvalue weighted by atomic mass is 10.2. The SMILES string of the molecule is Cn1nc(C(N)=O)c2ccc(F)cc21. The van der Waals surface area contributed by atoms with Crippen LogP contribution in [0.4, 0.5) is 4.39 Å². The Kier molecular flexibility index (Phi) is 1.73. The van der Waals surface area contributed by atoms with E-state index in [4.69, 9.17) is 5.73 Å². The summed E-state index contributed by atoms with van der Waals surface area (Å²) < 4.78 is 14.3. The number of aromatic nitrogens is 2. The van der Waals surface area contributed by atoms with Gasteiger partial charge in [0.05, 0.1) is 5.52 Å². The molecule has 0 aliphatic heterocycles. The number of rotatable bonds is 1. The maximum Gasteiger partial charge on any atom is 0.269 e. The van der Waals surface area contributed by atoms with Crippen LogP contribution in [-0.2, 0) is 7.05 Å². The fourth-order valence-corrected chi connectivity index (χ4v) is 1.41. The molecule has 14 heavy (non-hydrogen) atoms. The lowest BCUT2D eigenvalue weighted by molar-refractivity contribution is 0.0996. The van der Waals surface area contributed by atoms with Gasteiger partial charge in [-0.2, -0.15) is 5.10 Å². The Balaban J connectivity index is 2.84. The predicted octanol–water partition coefficient (Wildman–Crippen LogP) is 0.811. The molecule has 1 heterocycles. The lowest BCUT2D eigenvalue weighted by Crippen LogP contribution is -2.12. The molecule has 4 nitrogen and oxygen atoms in total. The van der Waals surface area contributed by atoms with Crippen molar-refractivity contribution in [1.82, 2.24) is 9.78 Å². The third-order valence-electron chi connectivity index (χ3n) is 2.05. The van der Waals surface area contributed by atoms with Gasteiger partial charge in [0.15, 0.2) is 5.69 Å². The molecule has 2 N–H and O–H groups in total. The van der Waals surface area contributed by atoms with E-state index >= 15 is 0 Å². The van der Waals surface area contributed by atoms with Crippen LogP contribution >= 0.6 is 0 Å². The van der Waals surface area contributed by atoms with Crippen molar-refractivity contribution in [3.8, 4) is 0 Å². The van der Waals surface area contributed by atoms with Crippen LogP contribution in [0.25, 0.3) is 10.9 Å². The molecule has 0 saturated heterocycles. The summed E-state index contributed by atoms with van der Waals surface area (Å²) >= 11 is 0. The highest BCUT2D eigenvalue weighted by molar-refractivity contribution is 6.03. The molecule has 1 amide bonds. The smallest absolute Gasteiger partial charge is 0.269 e. The second-order valence-electron chi connectivity index (χ2n) is 3.00. The number of carbonyl (C=O) groups is 1. The zero-order valence-electron chi connectivity index (χ0n) is 7.49. The summed E-state index contributed by atoms with van der Waals surface area (Å²) in [5, 5.41) is 4.48. The first-order chi connectivity index (χ1) is 6.59. The van der Waals surface area contributed by atoms with Crippen LogP contribution in [0.3, 0.4) is 0 Å². The number of halogens is 1. The monoisotopic (exact) mass is 193 g/mol. The summed E-state index contributed by atoms with van der Waals surface area (Å²) in [6, 6.07) is 4.09. The van der Waals surface area contributed by atoms with Crippen molar-refractivity contribution in [3.63, 3.8) is 0 Å². The number of hydrogen-bond acceptors (Lipinski definition) is 2. The molecule has 0 atom stereocenters. The molecule has 1 aromatic carbocycles. The average molecular weight is 193 g/mol. The molecule has 0 aliphatic carbocycles. The summed E-state index contributed by atoms with van der Waals surface area (Å²) in [7, 11) is 1.63. The maximum atomic E-state index is 12.9. The van der Waals surface area contributed by atoms with Crippen molar-refractivity contribution in [3.05, 3.63) is 29.7 Å². The molecular formula is C9H8FN3O. The first-order valence-electron chi connectivity index (χ1n) is 4.01. The number of benzene rings is 1. The van der Waals surface area contributed by atoms with Gasteiger partial charge >= 0.3 is 0 Å². The fraction of sp³-hybridized carbons (Fsp3) is 0.111. The molecule has 5 heteroatoms. The second-order valence-corrected chi connectivity index (χ2v) is 3.00. The Morgan fingerprint density at radius 2 is 2.29 bits per heavy atom. The molecule has 72 valence electrons. The maximum absolute atomic E-state index is 12.9. The van der Waals surface area contributed by atoms with E-state index in [1.54, 1.807) is 7.05 Å². The van der Waals surface area contributed by atoms with E-state index in [0.717, 1.165) is 0 Å². The van der Waals surface area contributed by atoms with E-state index in [1.807, 2.05) is 0 Å².